The molecule has 0 aromatic rings. The molecule has 6 nitrogen and oxygen atoms in total. The molecule has 0 saturated heterocycles. The summed E-state index contributed by atoms with van der Waals surface area (Å²) in [6.45, 7) is 6.47. The SMILES string of the molecule is CC/C=C\C/C=C\C/C=C\C/C=C\CCCCCCCCCCCCC(=O)OCC(COC(=O)CCCCCCC)OC(=O)CCCCCCCCCCCCCCCCCCC. The molecule has 1 atom stereocenters. The maximum atomic E-state index is 12.8. The summed E-state index contributed by atoms with van der Waals surface area (Å²) in [6.07, 6.45) is 62.8. The molecule has 0 amide bonds. The lowest BCUT2D eigenvalue weighted by Gasteiger charge is -2.18. The van der Waals surface area contributed by atoms with Crippen molar-refractivity contribution in [3.8, 4) is 0 Å². The van der Waals surface area contributed by atoms with Gasteiger partial charge in [-0.05, 0) is 57.8 Å². The highest BCUT2D eigenvalue weighted by Gasteiger charge is 2.19. The van der Waals surface area contributed by atoms with Crippen molar-refractivity contribution in [1.29, 1.82) is 0 Å². The number of rotatable bonds is 49. The molecule has 366 valence electrons. The van der Waals surface area contributed by atoms with Crippen molar-refractivity contribution in [2.24, 2.45) is 0 Å². The predicted octanol–water partition coefficient (Wildman–Crippen LogP) is 17.9. The minimum atomic E-state index is -0.768. The summed E-state index contributed by atoms with van der Waals surface area (Å²) in [5.74, 6) is -0.879. The number of allylic oxidation sites excluding steroid dienone is 8. The van der Waals surface area contributed by atoms with E-state index in [9.17, 15) is 14.4 Å². The van der Waals surface area contributed by atoms with Crippen LogP contribution in [0.5, 0.6) is 0 Å². The van der Waals surface area contributed by atoms with Gasteiger partial charge in [0.05, 0.1) is 0 Å². The molecule has 0 radical (unpaired) electrons. The Morgan fingerprint density at radius 3 is 0.968 bits per heavy atom. The third kappa shape index (κ3) is 50.2. The second-order valence-electron chi connectivity index (χ2n) is 18.1. The zero-order valence-electron chi connectivity index (χ0n) is 41.8. The van der Waals surface area contributed by atoms with Crippen LogP contribution < -0.4 is 0 Å². The van der Waals surface area contributed by atoms with Gasteiger partial charge in [0.1, 0.15) is 13.2 Å². The fourth-order valence-corrected chi connectivity index (χ4v) is 7.79. The monoisotopic (exact) mass is 883 g/mol. The van der Waals surface area contributed by atoms with Crippen molar-refractivity contribution >= 4 is 17.9 Å². The van der Waals surface area contributed by atoms with Crippen LogP contribution in [0.3, 0.4) is 0 Å². The van der Waals surface area contributed by atoms with Gasteiger partial charge in [0, 0.05) is 19.3 Å². The van der Waals surface area contributed by atoms with Gasteiger partial charge in [0.25, 0.3) is 0 Å². The molecule has 0 rings (SSSR count). The van der Waals surface area contributed by atoms with Crippen molar-refractivity contribution < 1.29 is 28.6 Å². The molecule has 1 unspecified atom stereocenters. The van der Waals surface area contributed by atoms with Gasteiger partial charge in [-0.2, -0.15) is 0 Å². The van der Waals surface area contributed by atoms with Crippen LogP contribution in [0.1, 0.15) is 278 Å². The molecule has 0 spiro atoms. The van der Waals surface area contributed by atoms with Gasteiger partial charge in [0.2, 0.25) is 0 Å². The van der Waals surface area contributed by atoms with Gasteiger partial charge in [-0.1, -0.05) is 249 Å². The summed E-state index contributed by atoms with van der Waals surface area (Å²) in [7, 11) is 0. The van der Waals surface area contributed by atoms with E-state index in [0.29, 0.717) is 19.3 Å². The third-order valence-electron chi connectivity index (χ3n) is 11.8. The Balaban J connectivity index is 4.10. The largest absolute Gasteiger partial charge is 0.462 e. The van der Waals surface area contributed by atoms with E-state index in [4.69, 9.17) is 14.2 Å². The van der Waals surface area contributed by atoms with E-state index in [-0.39, 0.29) is 31.1 Å². The Morgan fingerprint density at radius 1 is 0.333 bits per heavy atom. The van der Waals surface area contributed by atoms with E-state index in [2.05, 4.69) is 69.4 Å². The summed E-state index contributed by atoms with van der Waals surface area (Å²) in [4.78, 5) is 37.7. The smallest absolute Gasteiger partial charge is 0.306 e. The molecular formula is C57H102O6. The predicted molar refractivity (Wildman–Crippen MR) is 270 cm³/mol. The van der Waals surface area contributed by atoms with Crippen molar-refractivity contribution in [2.45, 2.75) is 284 Å². The summed E-state index contributed by atoms with van der Waals surface area (Å²) in [5.41, 5.74) is 0. The Bertz CT molecular complexity index is 1110. The van der Waals surface area contributed by atoms with E-state index in [1.165, 1.54) is 148 Å². The van der Waals surface area contributed by atoms with Crippen molar-refractivity contribution in [3.63, 3.8) is 0 Å². The van der Waals surface area contributed by atoms with Crippen LogP contribution in [-0.2, 0) is 28.6 Å². The van der Waals surface area contributed by atoms with E-state index >= 15 is 0 Å². The van der Waals surface area contributed by atoms with Gasteiger partial charge in [-0.15, -0.1) is 0 Å². The van der Waals surface area contributed by atoms with Gasteiger partial charge in [-0.25, -0.2) is 0 Å². The Labute approximate surface area is 390 Å². The second kappa shape index (κ2) is 52.0. The van der Waals surface area contributed by atoms with Gasteiger partial charge in [0.15, 0.2) is 6.10 Å². The molecule has 0 fully saturated rings. The summed E-state index contributed by atoms with van der Waals surface area (Å²) < 4.78 is 16.7. The van der Waals surface area contributed by atoms with Crippen molar-refractivity contribution in [3.05, 3.63) is 48.6 Å². The number of carbonyl (C=O) groups is 3. The van der Waals surface area contributed by atoms with Crippen LogP contribution in [-0.4, -0.2) is 37.2 Å². The molecule has 0 N–H and O–H groups in total. The molecule has 0 aromatic carbocycles. The summed E-state index contributed by atoms with van der Waals surface area (Å²) in [6, 6.07) is 0. The molecular weight excluding hydrogens is 781 g/mol. The van der Waals surface area contributed by atoms with Crippen molar-refractivity contribution in [1.82, 2.24) is 0 Å². The maximum Gasteiger partial charge on any atom is 0.306 e. The average molecular weight is 883 g/mol. The number of carbonyl (C=O) groups excluding carboxylic acids is 3. The molecule has 63 heavy (non-hydrogen) atoms. The fraction of sp³-hybridized carbons (Fsp3) is 0.807. The second-order valence-corrected chi connectivity index (χ2v) is 18.1. The molecule has 0 aliphatic rings. The van der Waals surface area contributed by atoms with E-state index in [0.717, 1.165) is 89.9 Å². The highest BCUT2D eigenvalue weighted by Crippen LogP contribution is 2.16. The quantitative estimate of drug-likeness (QED) is 0.0262. The van der Waals surface area contributed by atoms with Gasteiger partial charge < -0.3 is 14.2 Å². The first-order chi connectivity index (χ1) is 31.0. The summed E-state index contributed by atoms with van der Waals surface area (Å²) in [5, 5.41) is 0. The highest BCUT2D eigenvalue weighted by molar-refractivity contribution is 5.71. The van der Waals surface area contributed by atoms with E-state index in [1.54, 1.807) is 0 Å². The number of hydrogen-bond donors (Lipinski definition) is 0. The lowest BCUT2D eigenvalue weighted by atomic mass is 10.0. The average Bonchev–Trinajstić information content (AvgIpc) is 3.28. The van der Waals surface area contributed by atoms with Crippen LogP contribution in [0.25, 0.3) is 0 Å². The van der Waals surface area contributed by atoms with E-state index in [1.807, 2.05) is 0 Å². The number of esters is 3. The highest BCUT2D eigenvalue weighted by atomic mass is 16.6. The third-order valence-corrected chi connectivity index (χ3v) is 11.8. The fourth-order valence-electron chi connectivity index (χ4n) is 7.79. The number of ether oxygens (including phenoxy) is 3. The molecule has 0 heterocycles. The topological polar surface area (TPSA) is 78.9 Å². The maximum absolute atomic E-state index is 12.8. The molecule has 0 saturated carbocycles. The number of unbranched alkanes of at least 4 members (excludes halogenated alkanes) is 30. The van der Waals surface area contributed by atoms with Crippen LogP contribution in [0.4, 0.5) is 0 Å². The standard InChI is InChI=1S/C57H102O6/c1-4-7-10-13-15-17-19-21-23-25-26-27-28-29-30-32-33-35-37-39-41-44-47-50-56(59)62-53-54(52-61-55(58)49-46-43-12-9-6-3)63-57(60)51-48-45-42-40-38-36-34-31-24-22-20-18-16-14-11-8-5-2/h7,10,15,17,21,23,26-27,54H,4-6,8-9,11-14,16,18-20,22,24-25,28-53H2,1-3H3/b10-7-,17-15-,23-21-,27-26-. The lowest BCUT2D eigenvalue weighted by molar-refractivity contribution is -0.167. The minimum Gasteiger partial charge on any atom is -0.462 e. The number of hydrogen-bond acceptors (Lipinski definition) is 6. The zero-order chi connectivity index (χ0) is 45.8. The first-order valence-corrected chi connectivity index (χ1v) is 27.1. The first kappa shape index (κ1) is 60.4. The lowest BCUT2D eigenvalue weighted by Crippen LogP contribution is -2.30. The van der Waals surface area contributed by atoms with Crippen LogP contribution >= 0.6 is 0 Å². The van der Waals surface area contributed by atoms with Crippen LogP contribution in [0.15, 0.2) is 48.6 Å². The Morgan fingerprint density at radius 2 is 0.619 bits per heavy atom. The van der Waals surface area contributed by atoms with Crippen LogP contribution in [0.2, 0.25) is 0 Å². The summed E-state index contributed by atoms with van der Waals surface area (Å²) >= 11 is 0. The normalized spacial score (nSPS) is 12.4. The molecule has 0 aliphatic carbocycles. The molecule has 0 aromatic heterocycles. The van der Waals surface area contributed by atoms with Gasteiger partial charge >= 0.3 is 17.9 Å². The van der Waals surface area contributed by atoms with Crippen molar-refractivity contribution in [2.75, 3.05) is 13.2 Å². The molecule has 0 bridgehead atoms. The minimum absolute atomic E-state index is 0.0723. The van der Waals surface area contributed by atoms with Gasteiger partial charge in [-0.3, -0.25) is 14.4 Å². The Hall–Kier alpha value is -2.63. The molecule has 0 aliphatic heterocycles. The van der Waals surface area contributed by atoms with Crippen LogP contribution in [0, 0.1) is 0 Å². The van der Waals surface area contributed by atoms with E-state index < -0.39 is 6.10 Å². The first-order valence-electron chi connectivity index (χ1n) is 27.1. The molecule has 6 heteroatoms. The Kier molecular flexibility index (Phi) is 49.8. The zero-order valence-corrected chi connectivity index (χ0v) is 41.8.